The molecule has 1 atom stereocenters. The number of nitrogens with zero attached hydrogens (tertiary/aromatic N) is 1. The number of carbonyl (C=O) groups is 2. The van der Waals surface area contributed by atoms with Crippen LogP contribution in [0.15, 0.2) is 24.3 Å². The second kappa shape index (κ2) is 6.75. The second-order valence-electron chi connectivity index (χ2n) is 4.93. The number of benzene rings is 1. The topological polar surface area (TPSA) is 46.6 Å². The summed E-state index contributed by atoms with van der Waals surface area (Å²) in [5.41, 5.74) is 1.62. The average molecular weight is 296 g/mol. The lowest BCUT2D eigenvalue weighted by molar-refractivity contribution is -0.129. The van der Waals surface area contributed by atoms with Crippen LogP contribution < -0.4 is 0 Å². The molecule has 1 fully saturated rings. The van der Waals surface area contributed by atoms with E-state index in [0.29, 0.717) is 12.1 Å². The molecule has 108 valence electrons. The van der Waals surface area contributed by atoms with Crippen molar-refractivity contribution < 1.29 is 14.3 Å². The average Bonchev–Trinajstić information content (AvgIpc) is 2.53. The minimum atomic E-state index is -0.337. The van der Waals surface area contributed by atoms with E-state index < -0.39 is 0 Å². The highest BCUT2D eigenvalue weighted by atomic mass is 35.5. The van der Waals surface area contributed by atoms with Crippen LogP contribution >= 0.6 is 11.6 Å². The van der Waals surface area contributed by atoms with Gasteiger partial charge in [-0.1, -0.05) is 12.1 Å². The number of alkyl halides is 1. The fourth-order valence-electron chi connectivity index (χ4n) is 2.60. The monoisotopic (exact) mass is 295 g/mol. The maximum Gasteiger partial charge on any atom is 0.337 e. The van der Waals surface area contributed by atoms with Gasteiger partial charge in [-0.15, -0.1) is 11.6 Å². The summed E-state index contributed by atoms with van der Waals surface area (Å²) < 4.78 is 4.73. The molecular weight excluding hydrogens is 278 g/mol. The normalized spacial score (nSPS) is 18.7. The van der Waals surface area contributed by atoms with Crippen LogP contribution in [0.1, 0.15) is 34.7 Å². The summed E-state index contributed by atoms with van der Waals surface area (Å²) in [6.45, 7) is 1.43. The zero-order valence-electron chi connectivity index (χ0n) is 11.5. The van der Waals surface area contributed by atoms with Gasteiger partial charge in [0.15, 0.2) is 0 Å². The van der Waals surface area contributed by atoms with Crippen molar-refractivity contribution in [2.24, 2.45) is 0 Å². The Balaban J connectivity index is 2.14. The van der Waals surface area contributed by atoms with Crippen molar-refractivity contribution in [2.45, 2.75) is 18.8 Å². The molecule has 0 N–H and O–H groups in total. The number of rotatable bonds is 3. The molecule has 1 heterocycles. The molecule has 0 aromatic heterocycles. The van der Waals surface area contributed by atoms with E-state index in [2.05, 4.69) is 0 Å². The summed E-state index contributed by atoms with van der Waals surface area (Å²) in [5, 5.41) is 0. The van der Waals surface area contributed by atoms with Gasteiger partial charge in [0.25, 0.3) is 0 Å². The van der Waals surface area contributed by atoms with Crippen molar-refractivity contribution in [2.75, 3.05) is 26.1 Å². The molecule has 1 unspecified atom stereocenters. The molecule has 0 radical (unpaired) electrons. The van der Waals surface area contributed by atoms with Gasteiger partial charge in [-0.3, -0.25) is 4.79 Å². The Labute approximate surface area is 123 Å². The molecule has 1 aromatic carbocycles. The third-order valence-corrected chi connectivity index (χ3v) is 3.90. The quantitative estimate of drug-likeness (QED) is 0.635. The smallest absolute Gasteiger partial charge is 0.337 e. The molecule has 20 heavy (non-hydrogen) atoms. The predicted molar refractivity (Wildman–Crippen MR) is 77.1 cm³/mol. The molecule has 1 aliphatic heterocycles. The molecule has 1 amide bonds. The molecule has 4 nitrogen and oxygen atoms in total. The van der Waals surface area contributed by atoms with E-state index in [1.165, 1.54) is 7.11 Å². The summed E-state index contributed by atoms with van der Waals surface area (Å²) in [4.78, 5) is 25.0. The van der Waals surface area contributed by atoms with E-state index in [4.69, 9.17) is 16.3 Å². The number of likely N-dealkylation sites (tertiary alicyclic amines) is 1. The van der Waals surface area contributed by atoms with Gasteiger partial charge >= 0.3 is 5.97 Å². The fourth-order valence-corrected chi connectivity index (χ4v) is 2.77. The highest BCUT2D eigenvalue weighted by molar-refractivity contribution is 6.27. The Morgan fingerprint density at radius 1 is 1.45 bits per heavy atom. The molecule has 0 aliphatic carbocycles. The SMILES string of the molecule is COC(=O)c1cccc(C2CCCN(C(=O)CCl)C2)c1. The largest absolute Gasteiger partial charge is 0.465 e. The van der Waals surface area contributed by atoms with Crippen LogP contribution in [0.25, 0.3) is 0 Å². The van der Waals surface area contributed by atoms with Crippen molar-refractivity contribution in [1.82, 2.24) is 4.90 Å². The zero-order valence-corrected chi connectivity index (χ0v) is 12.2. The van der Waals surface area contributed by atoms with Crippen LogP contribution in [-0.2, 0) is 9.53 Å². The number of amides is 1. The Morgan fingerprint density at radius 3 is 2.95 bits per heavy atom. The summed E-state index contributed by atoms with van der Waals surface area (Å²) in [6.07, 6.45) is 1.96. The van der Waals surface area contributed by atoms with Gasteiger partial charge in [0.1, 0.15) is 5.88 Å². The first-order valence-corrected chi connectivity index (χ1v) is 7.21. The van der Waals surface area contributed by atoms with Crippen LogP contribution in [-0.4, -0.2) is 42.9 Å². The maximum absolute atomic E-state index is 11.7. The van der Waals surface area contributed by atoms with E-state index in [-0.39, 0.29) is 23.7 Å². The van der Waals surface area contributed by atoms with Crippen molar-refractivity contribution in [3.63, 3.8) is 0 Å². The minimum absolute atomic E-state index is 0.0227. The van der Waals surface area contributed by atoms with Crippen LogP contribution in [0.2, 0.25) is 0 Å². The Morgan fingerprint density at radius 2 is 2.25 bits per heavy atom. The number of esters is 1. The summed E-state index contributed by atoms with van der Waals surface area (Å²) in [7, 11) is 1.37. The molecule has 0 bridgehead atoms. The Bertz CT molecular complexity index is 504. The Hall–Kier alpha value is -1.55. The van der Waals surface area contributed by atoms with Gasteiger partial charge in [-0.2, -0.15) is 0 Å². The molecule has 1 saturated heterocycles. The van der Waals surface area contributed by atoms with Crippen LogP contribution in [0, 0.1) is 0 Å². The second-order valence-corrected chi connectivity index (χ2v) is 5.20. The predicted octanol–water partition coefficient (Wildman–Crippen LogP) is 2.42. The van der Waals surface area contributed by atoms with Crippen LogP contribution in [0.4, 0.5) is 0 Å². The van der Waals surface area contributed by atoms with Crippen LogP contribution in [0.5, 0.6) is 0 Å². The molecule has 2 rings (SSSR count). The number of methoxy groups -OCH3 is 1. The number of piperidine rings is 1. The van der Waals surface area contributed by atoms with Crippen molar-refractivity contribution in [3.05, 3.63) is 35.4 Å². The first-order chi connectivity index (χ1) is 9.65. The summed E-state index contributed by atoms with van der Waals surface area (Å²) in [6, 6.07) is 7.43. The zero-order chi connectivity index (χ0) is 14.5. The minimum Gasteiger partial charge on any atom is -0.465 e. The molecule has 1 aliphatic rings. The molecular formula is C15H18ClNO3. The third-order valence-electron chi connectivity index (χ3n) is 3.67. The van der Waals surface area contributed by atoms with Gasteiger partial charge in [0, 0.05) is 19.0 Å². The number of ether oxygens (including phenoxy) is 1. The van der Waals surface area contributed by atoms with E-state index in [0.717, 1.165) is 24.9 Å². The summed E-state index contributed by atoms with van der Waals surface area (Å²) in [5.74, 6) is -0.0908. The van der Waals surface area contributed by atoms with E-state index in [9.17, 15) is 9.59 Å². The van der Waals surface area contributed by atoms with E-state index >= 15 is 0 Å². The fraction of sp³-hybridized carbons (Fsp3) is 0.467. The number of hydrogen-bond acceptors (Lipinski definition) is 3. The van der Waals surface area contributed by atoms with Crippen molar-refractivity contribution >= 4 is 23.5 Å². The van der Waals surface area contributed by atoms with E-state index in [1.807, 2.05) is 18.2 Å². The van der Waals surface area contributed by atoms with Crippen molar-refractivity contribution in [3.8, 4) is 0 Å². The van der Waals surface area contributed by atoms with Gasteiger partial charge in [0.2, 0.25) is 5.91 Å². The Kier molecular flexibility index (Phi) is 5.01. The third kappa shape index (κ3) is 3.31. The maximum atomic E-state index is 11.7. The van der Waals surface area contributed by atoms with E-state index in [1.54, 1.807) is 11.0 Å². The van der Waals surface area contributed by atoms with Crippen molar-refractivity contribution in [1.29, 1.82) is 0 Å². The number of halogens is 1. The molecule has 1 aromatic rings. The van der Waals surface area contributed by atoms with Gasteiger partial charge in [0.05, 0.1) is 12.7 Å². The number of carbonyl (C=O) groups excluding carboxylic acids is 2. The van der Waals surface area contributed by atoms with Gasteiger partial charge in [-0.25, -0.2) is 4.79 Å². The first-order valence-electron chi connectivity index (χ1n) is 6.67. The van der Waals surface area contributed by atoms with Crippen LogP contribution in [0.3, 0.4) is 0 Å². The lowest BCUT2D eigenvalue weighted by Gasteiger charge is -2.32. The summed E-state index contributed by atoms with van der Waals surface area (Å²) >= 11 is 5.61. The standard InChI is InChI=1S/C15H18ClNO3/c1-20-15(19)12-5-2-4-11(8-12)13-6-3-7-17(10-13)14(18)9-16/h2,4-5,8,13H,3,6-7,9-10H2,1H3. The highest BCUT2D eigenvalue weighted by Gasteiger charge is 2.24. The van der Waals surface area contributed by atoms with Gasteiger partial charge in [-0.05, 0) is 30.5 Å². The lowest BCUT2D eigenvalue weighted by Crippen LogP contribution is -2.39. The molecule has 0 spiro atoms. The molecule has 0 saturated carbocycles. The lowest BCUT2D eigenvalue weighted by atomic mass is 9.89. The van der Waals surface area contributed by atoms with Gasteiger partial charge < -0.3 is 9.64 Å². The highest BCUT2D eigenvalue weighted by Crippen LogP contribution is 2.27. The number of hydrogen-bond donors (Lipinski definition) is 0. The molecule has 5 heteroatoms. The first kappa shape index (κ1) is 14.9.